The van der Waals surface area contributed by atoms with Gasteiger partial charge in [0.05, 0.1) is 23.0 Å². The maximum atomic E-state index is 5.45. The summed E-state index contributed by atoms with van der Waals surface area (Å²) in [5, 5.41) is 4.10. The smallest absolute Gasteiger partial charge is 0.0784 e. The zero-order chi connectivity index (χ0) is 5.98. The standard InChI is InChI=1S/C3H3Cl2N3/c4-3-1-6-8(5)7-2-3/h1-2,6H. The number of nitrogens with zero attached hydrogens (tertiary/aromatic N) is 2. The minimum atomic E-state index is 0.530. The van der Waals surface area contributed by atoms with Gasteiger partial charge in [-0.3, -0.25) is 5.43 Å². The lowest BCUT2D eigenvalue weighted by Crippen LogP contribution is -2.22. The summed E-state index contributed by atoms with van der Waals surface area (Å²) >= 11 is 10.7. The summed E-state index contributed by atoms with van der Waals surface area (Å²) in [6.45, 7) is 0. The van der Waals surface area contributed by atoms with E-state index in [-0.39, 0.29) is 0 Å². The van der Waals surface area contributed by atoms with Gasteiger partial charge in [0.25, 0.3) is 0 Å². The van der Waals surface area contributed by atoms with E-state index in [0.717, 1.165) is 4.64 Å². The second-order valence-corrected chi connectivity index (χ2v) is 1.92. The third-order valence-electron chi connectivity index (χ3n) is 0.591. The van der Waals surface area contributed by atoms with E-state index >= 15 is 0 Å². The Morgan fingerprint density at radius 1 is 1.75 bits per heavy atom. The van der Waals surface area contributed by atoms with Gasteiger partial charge >= 0.3 is 0 Å². The van der Waals surface area contributed by atoms with Crippen molar-refractivity contribution >= 4 is 29.6 Å². The van der Waals surface area contributed by atoms with Gasteiger partial charge in [-0.2, -0.15) is 0 Å². The molecule has 1 rings (SSSR count). The van der Waals surface area contributed by atoms with Crippen LogP contribution >= 0.6 is 23.4 Å². The molecule has 0 aromatic heterocycles. The van der Waals surface area contributed by atoms with Gasteiger partial charge in [-0.05, 0) is 0 Å². The van der Waals surface area contributed by atoms with Gasteiger partial charge in [-0.1, -0.05) is 11.6 Å². The van der Waals surface area contributed by atoms with Crippen LogP contribution < -0.4 is 5.43 Å². The molecule has 1 N–H and O–H groups in total. The molecular formula is C3H3Cl2N3. The van der Waals surface area contributed by atoms with Crippen molar-refractivity contribution in [2.24, 2.45) is 5.10 Å². The fourth-order valence-corrected chi connectivity index (χ4v) is 0.476. The summed E-state index contributed by atoms with van der Waals surface area (Å²) in [5.41, 5.74) is 2.54. The van der Waals surface area contributed by atoms with Crippen LogP contribution in [0.1, 0.15) is 0 Å². The summed E-state index contributed by atoms with van der Waals surface area (Å²) in [7, 11) is 0. The Morgan fingerprint density at radius 3 is 2.88 bits per heavy atom. The molecule has 0 aromatic carbocycles. The second kappa shape index (κ2) is 2.24. The topological polar surface area (TPSA) is 27.6 Å². The maximum Gasteiger partial charge on any atom is 0.0784 e. The highest BCUT2D eigenvalue weighted by Gasteiger charge is 1.96. The van der Waals surface area contributed by atoms with Crippen molar-refractivity contribution in [1.29, 1.82) is 0 Å². The van der Waals surface area contributed by atoms with Gasteiger partial charge in [-0.25, -0.2) is 0 Å². The van der Waals surface area contributed by atoms with Crippen LogP contribution in [-0.2, 0) is 0 Å². The number of rotatable bonds is 0. The lowest BCUT2D eigenvalue weighted by molar-refractivity contribution is 0.413. The maximum absolute atomic E-state index is 5.45. The molecule has 0 radical (unpaired) electrons. The quantitative estimate of drug-likeness (QED) is 0.525. The molecule has 0 spiro atoms. The Labute approximate surface area is 56.6 Å². The van der Waals surface area contributed by atoms with Gasteiger partial charge in [0.15, 0.2) is 0 Å². The highest BCUT2D eigenvalue weighted by atomic mass is 35.5. The molecule has 44 valence electrons. The Kier molecular flexibility index (Phi) is 1.60. The molecule has 0 aromatic rings. The summed E-state index contributed by atoms with van der Waals surface area (Å²) in [6.07, 6.45) is 2.96. The van der Waals surface area contributed by atoms with E-state index in [4.69, 9.17) is 23.4 Å². The molecule has 0 aliphatic carbocycles. The first-order chi connectivity index (χ1) is 3.79. The van der Waals surface area contributed by atoms with Crippen LogP contribution in [0, 0.1) is 0 Å². The molecule has 0 saturated heterocycles. The second-order valence-electron chi connectivity index (χ2n) is 1.16. The van der Waals surface area contributed by atoms with Gasteiger partial charge in [0, 0.05) is 6.20 Å². The zero-order valence-corrected chi connectivity index (χ0v) is 5.32. The molecule has 5 heteroatoms. The average Bonchev–Trinajstić information content (AvgIpc) is 1.77. The van der Waals surface area contributed by atoms with E-state index in [1.165, 1.54) is 12.4 Å². The Hall–Kier alpha value is -0.410. The average molecular weight is 152 g/mol. The number of hydrazine groups is 1. The first kappa shape index (κ1) is 5.72. The van der Waals surface area contributed by atoms with Crippen LogP contribution in [0.5, 0.6) is 0 Å². The van der Waals surface area contributed by atoms with Crippen LogP contribution in [0.2, 0.25) is 0 Å². The van der Waals surface area contributed by atoms with Crippen molar-refractivity contribution < 1.29 is 0 Å². The van der Waals surface area contributed by atoms with Gasteiger partial charge in [-0.15, -0.1) is 9.74 Å². The fraction of sp³-hybridized carbons (Fsp3) is 0. The molecule has 0 unspecified atom stereocenters. The lowest BCUT2D eigenvalue weighted by Gasteiger charge is -2.10. The largest absolute Gasteiger partial charge is 0.273 e. The number of halogens is 2. The van der Waals surface area contributed by atoms with E-state index in [9.17, 15) is 0 Å². The van der Waals surface area contributed by atoms with E-state index in [1.807, 2.05) is 0 Å². The molecule has 0 saturated carbocycles. The summed E-state index contributed by atoms with van der Waals surface area (Å²) in [5.74, 6) is 0. The van der Waals surface area contributed by atoms with E-state index in [1.54, 1.807) is 0 Å². The SMILES string of the molecule is ClC1=CNN(Cl)N=C1. The molecule has 0 fully saturated rings. The zero-order valence-electron chi connectivity index (χ0n) is 3.81. The Bertz CT molecular complexity index is 141. The first-order valence-electron chi connectivity index (χ1n) is 1.91. The number of hydrogen-bond donors (Lipinski definition) is 1. The van der Waals surface area contributed by atoms with Crippen LogP contribution in [-0.4, -0.2) is 10.9 Å². The van der Waals surface area contributed by atoms with E-state index in [2.05, 4.69) is 10.5 Å². The fourth-order valence-electron chi connectivity index (χ4n) is 0.291. The molecule has 1 heterocycles. The van der Waals surface area contributed by atoms with Crippen molar-refractivity contribution in [2.75, 3.05) is 0 Å². The van der Waals surface area contributed by atoms with Crippen LogP contribution in [0.3, 0.4) is 0 Å². The van der Waals surface area contributed by atoms with Crippen LogP contribution in [0.25, 0.3) is 0 Å². The number of hydrogen-bond acceptors (Lipinski definition) is 3. The third-order valence-corrected chi connectivity index (χ3v) is 0.983. The predicted octanol–water partition coefficient (Wildman–Crippen LogP) is 1.03. The summed E-state index contributed by atoms with van der Waals surface area (Å²) in [4.78, 5) is 0. The van der Waals surface area contributed by atoms with Gasteiger partial charge in [0.1, 0.15) is 0 Å². The normalized spacial score (nSPS) is 17.8. The van der Waals surface area contributed by atoms with Crippen LogP contribution in [0.15, 0.2) is 16.3 Å². The number of hydrazone groups is 1. The molecule has 1 aliphatic heterocycles. The third kappa shape index (κ3) is 1.28. The van der Waals surface area contributed by atoms with Crippen molar-refractivity contribution in [3.05, 3.63) is 11.2 Å². The summed E-state index contributed by atoms with van der Waals surface area (Å²) < 4.78 is 1.03. The predicted molar refractivity (Wildman–Crippen MR) is 33.3 cm³/mol. The van der Waals surface area contributed by atoms with Crippen molar-refractivity contribution in [3.8, 4) is 0 Å². The van der Waals surface area contributed by atoms with Gasteiger partial charge in [0.2, 0.25) is 0 Å². The van der Waals surface area contributed by atoms with Crippen molar-refractivity contribution in [2.45, 2.75) is 0 Å². The molecule has 1 aliphatic rings. The van der Waals surface area contributed by atoms with E-state index in [0.29, 0.717) is 5.03 Å². The molecule has 0 atom stereocenters. The number of allylic oxidation sites excluding steroid dienone is 1. The highest BCUT2D eigenvalue weighted by molar-refractivity contribution is 6.39. The highest BCUT2D eigenvalue weighted by Crippen LogP contribution is 2.02. The number of nitrogens with one attached hydrogen (secondary N) is 1. The minimum Gasteiger partial charge on any atom is -0.273 e. The molecule has 3 nitrogen and oxygen atoms in total. The molecular weight excluding hydrogens is 149 g/mol. The first-order valence-corrected chi connectivity index (χ1v) is 2.62. The van der Waals surface area contributed by atoms with Crippen molar-refractivity contribution in [3.63, 3.8) is 0 Å². The summed E-state index contributed by atoms with van der Waals surface area (Å²) in [6, 6.07) is 0. The van der Waals surface area contributed by atoms with Crippen LogP contribution in [0.4, 0.5) is 0 Å². The lowest BCUT2D eigenvalue weighted by atomic mass is 10.6. The Morgan fingerprint density at radius 2 is 2.50 bits per heavy atom. The molecule has 8 heavy (non-hydrogen) atoms. The van der Waals surface area contributed by atoms with E-state index < -0.39 is 0 Å². The Balaban J connectivity index is 2.58. The van der Waals surface area contributed by atoms with Gasteiger partial charge < -0.3 is 0 Å². The van der Waals surface area contributed by atoms with Crippen molar-refractivity contribution in [1.82, 2.24) is 10.1 Å². The molecule has 0 bridgehead atoms. The monoisotopic (exact) mass is 151 g/mol. The minimum absolute atomic E-state index is 0.530. The molecule has 0 amide bonds.